The van der Waals surface area contributed by atoms with E-state index < -0.39 is 18.0 Å². The van der Waals surface area contributed by atoms with E-state index >= 15 is 0 Å². The normalized spacial score (nSPS) is 20.4. The van der Waals surface area contributed by atoms with Crippen molar-refractivity contribution in [2.75, 3.05) is 32.7 Å². The van der Waals surface area contributed by atoms with Crippen molar-refractivity contribution in [3.05, 3.63) is 52.5 Å². The molecule has 0 saturated carbocycles. The first-order valence-electron chi connectivity index (χ1n) is 13.7. The van der Waals surface area contributed by atoms with Crippen LogP contribution in [0.1, 0.15) is 48.0 Å². The summed E-state index contributed by atoms with van der Waals surface area (Å²) in [5.41, 5.74) is 6.85. The third kappa shape index (κ3) is 7.44. The molecule has 0 bridgehead atoms. The van der Waals surface area contributed by atoms with E-state index in [1.54, 1.807) is 28.3 Å². The van der Waals surface area contributed by atoms with Crippen LogP contribution in [-0.4, -0.2) is 94.0 Å². The van der Waals surface area contributed by atoms with E-state index in [0.29, 0.717) is 31.1 Å². The van der Waals surface area contributed by atoms with Gasteiger partial charge in [-0.25, -0.2) is 4.98 Å². The molecule has 12 heteroatoms. The number of thiazole rings is 1. The van der Waals surface area contributed by atoms with Gasteiger partial charge >= 0.3 is 0 Å². The Labute approximate surface area is 238 Å². The van der Waals surface area contributed by atoms with Gasteiger partial charge in [0.2, 0.25) is 23.5 Å². The smallest absolute Gasteiger partial charge is 0.245 e. The lowest BCUT2D eigenvalue weighted by Gasteiger charge is -2.38. The second-order valence-electron chi connectivity index (χ2n) is 10.4. The first-order chi connectivity index (χ1) is 19.2. The summed E-state index contributed by atoms with van der Waals surface area (Å²) in [5.74, 6) is -1.24. The lowest BCUT2D eigenvalue weighted by Crippen LogP contribution is -2.61. The third-order valence-corrected chi connectivity index (χ3v) is 8.34. The molecule has 2 aliphatic rings. The summed E-state index contributed by atoms with van der Waals surface area (Å²) in [5, 5.41) is 12.6. The molecular weight excluding hydrogens is 530 g/mol. The number of piperidine rings is 1. The molecule has 1 aromatic heterocycles. The fraction of sp³-hybridized carbons (Fsp3) is 0.500. The molecule has 2 saturated heterocycles. The highest BCUT2D eigenvalue weighted by Gasteiger charge is 2.38. The molecule has 214 valence electrons. The lowest BCUT2D eigenvalue weighted by molar-refractivity contribution is -0.156. The van der Waals surface area contributed by atoms with Gasteiger partial charge < -0.3 is 25.8 Å². The maximum absolute atomic E-state index is 13.3. The number of likely N-dealkylation sites (tertiary alicyclic amines) is 1. The molecule has 11 nitrogen and oxygen atoms in total. The number of Topliss-reactive ketones (excluding diaryl/α,β-unsaturated/α-hetero) is 1. The summed E-state index contributed by atoms with van der Waals surface area (Å²) in [6.07, 6.45) is 5.13. The van der Waals surface area contributed by atoms with Gasteiger partial charge in [0.25, 0.3) is 0 Å². The molecule has 4 rings (SSSR count). The van der Waals surface area contributed by atoms with Gasteiger partial charge in [0, 0.05) is 31.2 Å². The molecule has 1 aromatic carbocycles. The Morgan fingerprint density at radius 1 is 1.25 bits per heavy atom. The Kier molecular flexibility index (Phi) is 9.86. The molecule has 0 spiro atoms. The minimum absolute atomic E-state index is 0.00656. The van der Waals surface area contributed by atoms with E-state index in [2.05, 4.69) is 10.3 Å². The van der Waals surface area contributed by atoms with E-state index in [4.69, 9.17) is 11.1 Å². The fourth-order valence-corrected chi connectivity index (χ4v) is 6.04. The minimum Gasteiger partial charge on any atom is -0.370 e. The number of aromatic nitrogens is 1. The predicted molar refractivity (Wildman–Crippen MR) is 152 cm³/mol. The highest BCUT2D eigenvalue weighted by Crippen LogP contribution is 2.23. The predicted octanol–water partition coefficient (Wildman–Crippen LogP) is 1.50. The summed E-state index contributed by atoms with van der Waals surface area (Å²) < 4.78 is 0. The molecular formula is C28H37N7O4S. The van der Waals surface area contributed by atoms with Gasteiger partial charge in [0.15, 0.2) is 11.0 Å². The van der Waals surface area contributed by atoms with Crippen molar-refractivity contribution in [3.63, 3.8) is 0 Å². The van der Waals surface area contributed by atoms with E-state index in [1.165, 1.54) is 21.8 Å². The molecule has 4 N–H and O–H groups in total. The van der Waals surface area contributed by atoms with Gasteiger partial charge in [-0.3, -0.25) is 24.6 Å². The third-order valence-electron chi connectivity index (χ3n) is 7.56. The average molecular weight is 568 g/mol. The molecule has 3 heterocycles. The number of nitrogens with zero attached hydrogens (tertiary/aromatic N) is 4. The number of ketones is 1. The van der Waals surface area contributed by atoms with Crippen molar-refractivity contribution in [3.8, 4) is 0 Å². The van der Waals surface area contributed by atoms with Crippen LogP contribution in [0.4, 0.5) is 0 Å². The zero-order valence-electron chi connectivity index (χ0n) is 22.8. The molecule has 3 atom stereocenters. The number of amides is 3. The maximum Gasteiger partial charge on any atom is 0.245 e. The van der Waals surface area contributed by atoms with Gasteiger partial charge in [-0.15, -0.1) is 11.3 Å². The number of hydrogen-bond donors (Lipinski definition) is 3. The Morgan fingerprint density at radius 2 is 2.02 bits per heavy atom. The molecule has 0 unspecified atom stereocenters. The second kappa shape index (κ2) is 13.5. The van der Waals surface area contributed by atoms with E-state index in [0.717, 1.165) is 25.7 Å². The Hall–Kier alpha value is -3.80. The standard InChI is InChI=1S/C28H37N7O4S/c1-19-27(39)33(12-5-9-20-7-3-2-4-8-20)18-24(37)35(19)17-23(36)32-22(25(38)26-31-11-14-40-26)15-21-10-6-13-34(16-21)28(29)30/h2-4,7-8,11,14,19,21-22H,5-6,9-10,12-13,15-18H2,1H3,(H3,29,30)(H,32,36)/t19-,21-,22-/m0/s1. The minimum atomic E-state index is -0.837. The number of guanidine groups is 1. The van der Waals surface area contributed by atoms with Crippen LogP contribution in [0.15, 0.2) is 41.9 Å². The Balaban J connectivity index is 1.35. The SMILES string of the molecule is C[C@H]1C(=O)N(CCCc2ccccc2)CC(=O)N1CC(=O)N[C@@H](C[C@@H]1CCCN(C(=N)N)C1)C(=O)c1nccs1. The van der Waals surface area contributed by atoms with Gasteiger partial charge in [0.05, 0.1) is 12.6 Å². The van der Waals surface area contributed by atoms with Crippen LogP contribution in [-0.2, 0) is 20.8 Å². The number of benzene rings is 1. The molecule has 2 fully saturated rings. The Bertz CT molecular complexity index is 1210. The summed E-state index contributed by atoms with van der Waals surface area (Å²) in [6.45, 7) is 2.93. The molecule has 2 aromatic rings. The summed E-state index contributed by atoms with van der Waals surface area (Å²) in [7, 11) is 0. The van der Waals surface area contributed by atoms with Crippen molar-refractivity contribution in [1.82, 2.24) is 25.0 Å². The number of piperazine rings is 1. The highest BCUT2D eigenvalue weighted by atomic mass is 32.1. The number of rotatable bonds is 11. The number of aryl methyl sites for hydroxylation is 1. The van der Waals surface area contributed by atoms with Crippen LogP contribution >= 0.6 is 11.3 Å². The van der Waals surface area contributed by atoms with Crippen LogP contribution in [0.2, 0.25) is 0 Å². The molecule has 2 aliphatic heterocycles. The number of nitrogens with one attached hydrogen (secondary N) is 2. The Morgan fingerprint density at radius 3 is 2.73 bits per heavy atom. The van der Waals surface area contributed by atoms with Gasteiger partial charge in [-0.2, -0.15) is 0 Å². The summed E-state index contributed by atoms with van der Waals surface area (Å²) >= 11 is 1.20. The topological polar surface area (TPSA) is 153 Å². The van der Waals surface area contributed by atoms with Gasteiger partial charge in [-0.05, 0) is 50.5 Å². The van der Waals surface area contributed by atoms with Crippen LogP contribution in [0.5, 0.6) is 0 Å². The first kappa shape index (κ1) is 29.2. The highest BCUT2D eigenvalue weighted by molar-refractivity contribution is 7.11. The molecule has 3 amide bonds. The van der Waals surface area contributed by atoms with Crippen LogP contribution in [0.3, 0.4) is 0 Å². The fourth-order valence-electron chi connectivity index (χ4n) is 5.41. The quantitative estimate of drug-likeness (QED) is 0.211. The molecule has 0 aliphatic carbocycles. The summed E-state index contributed by atoms with van der Waals surface area (Å²) in [4.78, 5) is 61.2. The van der Waals surface area contributed by atoms with Crippen LogP contribution in [0.25, 0.3) is 0 Å². The van der Waals surface area contributed by atoms with Gasteiger partial charge in [-0.1, -0.05) is 30.3 Å². The van der Waals surface area contributed by atoms with E-state index in [9.17, 15) is 19.2 Å². The maximum atomic E-state index is 13.3. The largest absolute Gasteiger partial charge is 0.370 e. The first-order valence-corrected chi connectivity index (χ1v) is 14.5. The average Bonchev–Trinajstić information content (AvgIpc) is 3.49. The van der Waals surface area contributed by atoms with Crippen molar-refractivity contribution in [2.45, 2.75) is 51.1 Å². The number of carbonyl (C=O) groups excluding carboxylic acids is 4. The van der Waals surface area contributed by atoms with Crippen molar-refractivity contribution >= 4 is 40.8 Å². The lowest BCUT2D eigenvalue weighted by atomic mass is 9.90. The van der Waals surface area contributed by atoms with Crippen molar-refractivity contribution < 1.29 is 19.2 Å². The second-order valence-corrected chi connectivity index (χ2v) is 11.3. The van der Waals surface area contributed by atoms with Gasteiger partial charge in [0.1, 0.15) is 12.6 Å². The van der Waals surface area contributed by atoms with E-state index in [-0.39, 0.29) is 42.6 Å². The number of carbonyl (C=O) groups is 4. The van der Waals surface area contributed by atoms with Crippen molar-refractivity contribution in [2.24, 2.45) is 11.7 Å². The number of hydrogen-bond acceptors (Lipinski definition) is 7. The molecule has 0 radical (unpaired) electrons. The molecule has 40 heavy (non-hydrogen) atoms. The monoisotopic (exact) mass is 567 g/mol. The number of nitrogens with two attached hydrogens (primary N) is 1. The zero-order chi connectivity index (χ0) is 28.6. The van der Waals surface area contributed by atoms with Crippen molar-refractivity contribution in [1.29, 1.82) is 5.41 Å². The van der Waals surface area contributed by atoms with E-state index in [1.807, 2.05) is 30.3 Å². The zero-order valence-corrected chi connectivity index (χ0v) is 23.6. The summed E-state index contributed by atoms with van der Waals surface area (Å²) in [6, 6.07) is 8.36. The van der Waals surface area contributed by atoms with Crippen LogP contribution < -0.4 is 11.1 Å². The van der Waals surface area contributed by atoms with Crippen LogP contribution in [0, 0.1) is 11.3 Å².